The monoisotopic (exact) mass is 276 g/mol. The van der Waals surface area contributed by atoms with Gasteiger partial charge in [-0.05, 0) is 19.1 Å². The number of carbonyl (C=O) groups is 2. The third-order valence-corrected chi connectivity index (χ3v) is 2.95. The average Bonchev–Trinajstić information content (AvgIpc) is 3.11. The first-order valence-electron chi connectivity index (χ1n) is 6.14. The number of aromatic nitrogens is 2. The molecule has 20 heavy (non-hydrogen) atoms. The van der Waals surface area contributed by atoms with E-state index in [1.807, 2.05) is 0 Å². The lowest BCUT2D eigenvalue weighted by atomic mass is 10.2. The minimum absolute atomic E-state index is 0.156. The van der Waals surface area contributed by atoms with Crippen LogP contribution in [-0.4, -0.2) is 34.3 Å². The van der Waals surface area contributed by atoms with E-state index in [2.05, 4.69) is 10.2 Å². The Morgan fingerprint density at radius 3 is 3.05 bits per heavy atom. The van der Waals surface area contributed by atoms with Crippen molar-refractivity contribution < 1.29 is 23.5 Å². The molecule has 0 aliphatic carbocycles. The van der Waals surface area contributed by atoms with E-state index in [0.717, 1.165) is 0 Å². The molecule has 0 saturated carbocycles. The summed E-state index contributed by atoms with van der Waals surface area (Å²) in [5, 5.41) is 6.51. The lowest BCUT2D eigenvalue weighted by Crippen LogP contribution is -2.22. The van der Waals surface area contributed by atoms with Gasteiger partial charge in [-0.1, -0.05) is 0 Å². The molecule has 1 N–H and O–H groups in total. The molecule has 7 nitrogen and oxygen atoms in total. The Kier molecular flexibility index (Phi) is 3.02. The van der Waals surface area contributed by atoms with E-state index in [0.29, 0.717) is 17.9 Å². The van der Waals surface area contributed by atoms with E-state index < -0.39 is 18.0 Å². The molecule has 1 saturated heterocycles. The summed E-state index contributed by atoms with van der Waals surface area (Å²) in [6.07, 6.45) is 0.787. The molecular formula is C13H12N2O5. The summed E-state index contributed by atoms with van der Waals surface area (Å²) in [5.41, 5.74) is 0.646. The second-order valence-corrected chi connectivity index (χ2v) is 4.52. The zero-order valence-corrected chi connectivity index (χ0v) is 10.7. The van der Waals surface area contributed by atoms with Gasteiger partial charge in [0.05, 0.1) is 6.26 Å². The molecule has 7 heteroatoms. The van der Waals surface area contributed by atoms with Crippen molar-refractivity contribution in [3.8, 4) is 11.5 Å². The van der Waals surface area contributed by atoms with Gasteiger partial charge >= 0.3 is 11.9 Å². The second kappa shape index (κ2) is 4.84. The van der Waals surface area contributed by atoms with Gasteiger partial charge in [0.2, 0.25) is 6.10 Å². The molecule has 0 spiro atoms. The van der Waals surface area contributed by atoms with E-state index in [1.165, 1.54) is 12.3 Å². The number of nitrogens with zero attached hydrogens (tertiary/aromatic N) is 1. The van der Waals surface area contributed by atoms with Gasteiger partial charge in [0.25, 0.3) is 0 Å². The Labute approximate surface area is 113 Å². The highest BCUT2D eigenvalue weighted by molar-refractivity contribution is 5.91. The zero-order valence-electron chi connectivity index (χ0n) is 10.7. The van der Waals surface area contributed by atoms with E-state index in [1.54, 1.807) is 19.1 Å². The van der Waals surface area contributed by atoms with Crippen molar-refractivity contribution >= 4 is 11.9 Å². The molecule has 1 aliphatic heterocycles. The summed E-state index contributed by atoms with van der Waals surface area (Å²) in [5.74, 6) is -0.628. The molecule has 1 aliphatic rings. The number of furan rings is 1. The van der Waals surface area contributed by atoms with E-state index in [4.69, 9.17) is 13.9 Å². The van der Waals surface area contributed by atoms with Crippen molar-refractivity contribution in [1.82, 2.24) is 10.2 Å². The van der Waals surface area contributed by atoms with Crippen LogP contribution < -0.4 is 0 Å². The standard InChI is InChI=1S/C13H12N2O5/c1-7-5-11(13(17)19-7)20-12(16)9-6-8(14-15-9)10-3-2-4-18-10/h2-4,6-7,11H,5H2,1H3,(H,14,15)/t7-,11-/m1/s1. The zero-order chi connectivity index (χ0) is 14.1. The van der Waals surface area contributed by atoms with Gasteiger partial charge in [-0.25, -0.2) is 9.59 Å². The summed E-state index contributed by atoms with van der Waals surface area (Å²) in [6.45, 7) is 1.75. The predicted octanol–water partition coefficient (Wildman–Crippen LogP) is 1.53. The third kappa shape index (κ3) is 2.29. The van der Waals surface area contributed by atoms with Crippen LogP contribution in [0, 0.1) is 0 Å². The Morgan fingerprint density at radius 1 is 1.55 bits per heavy atom. The molecule has 0 unspecified atom stereocenters. The fourth-order valence-electron chi connectivity index (χ4n) is 1.99. The molecule has 2 aromatic rings. The van der Waals surface area contributed by atoms with Crippen molar-refractivity contribution in [2.24, 2.45) is 0 Å². The van der Waals surface area contributed by atoms with Crippen LogP contribution in [0.15, 0.2) is 28.9 Å². The molecule has 0 aromatic carbocycles. The van der Waals surface area contributed by atoms with E-state index >= 15 is 0 Å². The van der Waals surface area contributed by atoms with E-state index in [-0.39, 0.29) is 11.8 Å². The van der Waals surface area contributed by atoms with Crippen molar-refractivity contribution in [3.05, 3.63) is 30.2 Å². The highest BCUT2D eigenvalue weighted by Crippen LogP contribution is 2.21. The normalized spacial score (nSPS) is 21.8. The number of cyclic esters (lactones) is 1. The molecule has 3 rings (SSSR count). The van der Waals surface area contributed by atoms with E-state index in [9.17, 15) is 9.59 Å². The van der Waals surface area contributed by atoms with Gasteiger partial charge in [0, 0.05) is 12.5 Å². The van der Waals surface area contributed by atoms with Crippen molar-refractivity contribution in [2.75, 3.05) is 0 Å². The number of ether oxygens (including phenoxy) is 2. The second-order valence-electron chi connectivity index (χ2n) is 4.52. The lowest BCUT2D eigenvalue weighted by molar-refractivity contribution is -0.147. The Bertz CT molecular complexity index is 631. The van der Waals surface area contributed by atoms with Crippen LogP contribution in [0.4, 0.5) is 0 Å². The van der Waals surface area contributed by atoms with Crippen LogP contribution >= 0.6 is 0 Å². The highest BCUT2D eigenvalue weighted by Gasteiger charge is 2.35. The summed E-state index contributed by atoms with van der Waals surface area (Å²) in [7, 11) is 0. The van der Waals surface area contributed by atoms with Crippen LogP contribution in [0.3, 0.4) is 0 Å². The fraction of sp³-hybridized carbons (Fsp3) is 0.308. The first-order chi connectivity index (χ1) is 9.63. The number of rotatable bonds is 3. The number of aromatic amines is 1. The summed E-state index contributed by atoms with van der Waals surface area (Å²) in [4.78, 5) is 23.3. The number of hydrogen-bond acceptors (Lipinski definition) is 6. The third-order valence-electron chi connectivity index (χ3n) is 2.95. The van der Waals surface area contributed by atoms with Crippen LogP contribution in [0.25, 0.3) is 11.5 Å². The predicted molar refractivity (Wildman–Crippen MR) is 65.7 cm³/mol. The number of carbonyl (C=O) groups excluding carboxylic acids is 2. The number of nitrogens with one attached hydrogen (secondary N) is 1. The largest absolute Gasteiger partial charge is 0.463 e. The van der Waals surface area contributed by atoms with Crippen LogP contribution in [0.2, 0.25) is 0 Å². The number of H-pyrrole nitrogens is 1. The molecule has 0 amide bonds. The molecule has 2 aromatic heterocycles. The van der Waals surface area contributed by atoms with Gasteiger partial charge in [-0.15, -0.1) is 0 Å². The number of hydrogen-bond donors (Lipinski definition) is 1. The van der Waals surface area contributed by atoms with Gasteiger partial charge in [0.1, 0.15) is 17.5 Å². The Morgan fingerprint density at radius 2 is 2.40 bits per heavy atom. The van der Waals surface area contributed by atoms with Crippen LogP contribution in [-0.2, 0) is 14.3 Å². The van der Waals surface area contributed by atoms with Gasteiger partial charge in [-0.3, -0.25) is 5.10 Å². The maximum atomic E-state index is 11.9. The summed E-state index contributed by atoms with van der Waals surface area (Å²) >= 11 is 0. The first-order valence-corrected chi connectivity index (χ1v) is 6.14. The van der Waals surface area contributed by atoms with Crippen LogP contribution in [0.1, 0.15) is 23.8 Å². The molecule has 0 bridgehead atoms. The SMILES string of the molecule is C[C@@H]1C[C@@H](OC(=O)c2cc(-c3ccco3)n[nH]2)C(=O)O1. The maximum absolute atomic E-state index is 11.9. The lowest BCUT2D eigenvalue weighted by Gasteiger charge is -2.06. The van der Waals surface area contributed by atoms with Crippen molar-refractivity contribution in [1.29, 1.82) is 0 Å². The summed E-state index contributed by atoms with van der Waals surface area (Å²) in [6, 6.07) is 4.95. The Balaban J connectivity index is 1.70. The topological polar surface area (TPSA) is 94.4 Å². The highest BCUT2D eigenvalue weighted by atomic mass is 16.6. The Hall–Kier alpha value is -2.57. The smallest absolute Gasteiger partial charge is 0.357 e. The number of esters is 2. The molecule has 104 valence electrons. The van der Waals surface area contributed by atoms with Gasteiger partial charge in [0.15, 0.2) is 5.76 Å². The van der Waals surface area contributed by atoms with Gasteiger partial charge in [-0.2, -0.15) is 5.10 Å². The molecule has 1 fully saturated rings. The first kappa shape index (κ1) is 12.5. The quantitative estimate of drug-likeness (QED) is 0.854. The molecule has 2 atom stereocenters. The molecular weight excluding hydrogens is 264 g/mol. The fourth-order valence-corrected chi connectivity index (χ4v) is 1.99. The minimum Gasteiger partial charge on any atom is -0.463 e. The van der Waals surface area contributed by atoms with Crippen molar-refractivity contribution in [3.63, 3.8) is 0 Å². The van der Waals surface area contributed by atoms with Gasteiger partial charge < -0.3 is 13.9 Å². The van der Waals surface area contributed by atoms with Crippen LogP contribution in [0.5, 0.6) is 0 Å². The average molecular weight is 276 g/mol. The summed E-state index contributed by atoms with van der Waals surface area (Å²) < 4.78 is 15.2. The van der Waals surface area contributed by atoms with Crippen molar-refractivity contribution in [2.45, 2.75) is 25.6 Å². The minimum atomic E-state index is -0.854. The maximum Gasteiger partial charge on any atom is 0.357 e. The molecule has 3 heterocycles. The molecule has 0 radical (unpaired) electrons.